The predicted molar refractivity (Wildman–Crippen MR) is 85.9 cm³/mol. The third-order valence-corrected chi connectivity index (χ3v) is 5.12. The van der Waals surface area contributed by atoms with E-state index in [1.807, 2.05) is 40.9 Å². The molecule has 2 aliphatic rings. The van der Waals surface area contributed by atoms with Gasteiger partial charge in [-0.1, -0.05) is 18.2 Å². The molecule has 3 heterocycles. The van der Waals surface area contributed by atoms with Crippen LogP contribution in [-0.4, -0.2) is 40.7 Å². The van der Waals surface area contributed by atoms with Crippen molar-refractivity contribution in [2.45, 2.75) is 32.0 Å². The molecule has 1 aromatic heterocycles. The van der Waals surface area contributed by atoms with Crippen molar-refractivity contribution in [3.8, 4) is 0 Å². The lowest BCUT2D eigenvalue weighted by atomic mass is 9.92. The molecule has 0 spiro atoms. The molecule has 2 saturated heterocycles. The molecule has 4 rings (SSSR count). The molecule has 3 atom stereocenters. The first-order valence-corrected chi connectivity index (χ1v) is 8.12. The maximum atomic E-state index is 13.0. The molecule has 2 aliphatic heterocycles. The molecule has 0 bridgehead atoms. The molecule has 1 aromatic carbocycles. The van der Waals surface area contributed by atoms with Gasteiger partial charge in [0.25, 0.3) is 5.91 Å². The maximum absolute atomic E-state index is 13.0. The number of aryl methyl sites for hydroxylation is 1. The average Bonchev–Trinajstić information content (AvgIpc) is 3.06. The summed E-state index contributed by atoms with van der Waals surface area (Å²) >= 11 is 0. The van der Waals surface area contributed by atoms with Crippen LogP contribution in [0.25, 0.3) is 10.9 Å². The zero-order valence-electron chi connectivity index (χ0n) is 13.2. The van der Waals surface area contributed by atoms with E-state index in [0.29, 0.717) is 18.1 Å². The Balaban J connectivity index is 1.61. The highest BCUT2D eigenvalue weighted by molar-refractivity contribution is 6.07. The molecule has 2 aromatic rings. The van der Waals surface area contributed by atoms with Gasteiger partial charge in [0.1, 0.15) is 0 Å². The summed E-state index contributed by atoms with van der Waals surface area (Å²) in [7, 11) is 2.00. The zero-order chi connectivity index (χ0) is 15.3. The number of aromatic nitrogens is 1. The van der Waals surface area contributed by atoms with Gasteiger partial charge in [-0.2, -0.15) is 0 Å². The summed E-state index contributed by atoms with van der Waals surface area (Å²) in [5, 5.41) is 1.05. The molecule has 0 N–H and O–H groups in total. The molecule has 0 aliphatic carbocycles. The summed E-state index contributed by atoms with van der Waals surface area (Å²) in [6, 6.07) is 8.11. The van der Waals surface area contributed by atoms with E-state index in [2.05, 4.69) is 13.0 Å². The Morgan fingerprint density at radius 2 is 2.14 bits per heavy atom. The van der Waals surface area contributed by atoms with Crippen LogP contribution in [0.4, 0.5) is 0 Å². The molecule has 1 amide bonds. The number of hydrogen-bond donors (Lipinski definition) is 0. The number of piperidine rings is 1. The average molecular weight is 298 g/mol. The first kappa shape index (κ1) is 13.8. The van der Waals surface area contributed by atoms with Crippen molar-refractivity contribution in [1.82, 2.24) is 9.47 Å². The molecule has 22 heavy (non-hydrogen) atoms. The van der Waals surface area contributed by atoms with Gasteiger partial charge in [-0.05, 0) is 25.8 Å². The van der Waals surface area contributed by atoms with Gasteiger partial charge in [-0.15, -0.1) is 0 Å². The summed E-state index contributed by atoms with van der Waals surface area (Å²) in [6.07, 6.45) is 4.69. The number of rotatable bonds is 1. The van der Waals surface area contributed by atoms with Crippen LogP contribution in [-0.2, 0) is 11.8 Å². The third-order valence-electron chi connectivity index (χ3n) is 5.12. The van der Waals surface area contributed by atoms with Crippen molar-refractivity contribution in [3.63, 3.8) is 0 Å². The Labute approximate surface area is 130 Å². The Kier molecular flexibility index (Phi) is 3.22. The number of carbonyl (C=O) groups is 1. The van der Waals surface area contributed by atoms with Gasteiger partial charge in [0.2, 0.25) is 0 Å². The number of carbonyl (C=O) groups excluding carboxylic acids is 1. The van der Waals surface area contributed by atoms with E-state index in [-0.39, 0.29) is 5.91 Å². The Bertz CT molecular complexity index is 721. The number of amides is 1. The van der Waals surface area contributed by atoms with Crippen molar-refractivity contribution >= 4 is 16.8 Å². The van der Waals surface area contributed by atoms with E-state index in [9.17, 15) is 4.79 Å². The van der Waals surface area contributed by atoms with Gasteiger partial charge < -0.3 is 14.2 Å². The SMILES string of the molecule is C[C@H]1C[C@H]2CN(C(=O)c3cn(C)c4ccccc34)CC[C@H]2O1. The van der Waals surface area contributed by atoms with Gasteiger partial charge >= 0.3 is 0 Å². The van der Waals surface area contributed by atoms with Gasteiger partial charge in [0, 0.05) is 43.2 Å². The van der Waals surface area contributed by atoms with Crippen molar-refractivity contribution < 1.29 is 9.53 Å². The van der Waals surface area contributed by atoms with Crippen LogP contribution in [0.5, 0.6) is 0 Å². The highest BCUT2D eigenvalue weighted by Crippen LogP contribution is 2.33. The second-order valence-corrected chi connectivity index (χ2v) is 6.69. The van der Waals surface area contributed by atoms with Crippen LogP contribution < -0.4 is 0 Å². The van der Waals surface area contributed by atoms with Gasteiger partial charge in [0.15, 0.2) is 0 Å². The smallest absolute Gasteiger partial charge is 0.256 e. The summed E-state index contributed by atoms with van der Waals surface area (Å²) < 4.78 is 7.97. The van der Waals surface area contributed by atoms with Crippen LogP contribution in [0.2, 0.25) is 0 Å². The van der Waals surface area contributed by atoms with Gasteiger partial charge in [-0.3, -0.25) is 4.79 Å². The number of hydrogen-bond acceptors (Lipinski definition) is 2. The maximum Gasteiger partial charge on any atom is 0.256 e. The highest BCUT2D eigenvalue weighted by atomic mass is 16.5. The summed E-state index contributed by atoms with van der Waals surface area (Å²) in [5.41, 5.74) is 1.93. The number of ether oxygens (including phenoxy) is 1. The minimum atomic E-state index is 0.162. The highest BCUT2D eigenvalue weighted by Gasteiger charge is 2.39. The van der Waals surface area contributed by atoms with E-state index >= 15 is 0 Å². The number of fused-ring (bicyclic) bond motifs is 2. The van der Waals surface area contributed by atoms with E-state index in [0.717, 1.165) is 42.4 Å². The zero-order valence-corrected chi connectivity index (χ0v) is 13.2. The lowest BCUT2D eigenvalue weighted by molar-refractivity contribution is 0.00870. The molecule has 2 fully saturated rings. The fourth-order valence-corrected chi connectivity index (χ4v) is 4.06. The van der Waals surface area contributed by atoms with Crippen molar-refractivity contribution in [2.75, 3.05) is 13.1 Å². The molecule has 0 saturated carbocycles. The minimum Gasteiger partial charge on any atom is -0.375 e. The van der Waals surface area contributed by atoms with Crippen LogP contribution in [0, 0.1) is 5.92 Å². The fourth-order valence-electron chi connectivity index (χ4n) is 4.06. The monoisotopic (exact) mass is 298 g/mol. The van der Waals surface area contributed by atoms with Crippen molar-refractivity contribution in [1.29, 1.82) is 0 Å². The first-order chi connectivity index (χ1) is 10.6. The minimum absolute atomic E-state index is 0.162. The quantitative estimate of drug-likeness (QED) is 0.811. The summed E-state index contributed by atoms with van der Waals surface area (Å²) in [4.78, 5) is 15.0. The molecular formula is C18H22N2O2. The third kappa shape index (κ3) is 2.13. The largest absolute Gasteiger partial charge is 0.375 e. The Morgan fingerprint density at radius 3 is 3.00 bits per heavy atom. The van der Waals surface area contributed by atoms with Crippen molar-refractivity contribution in [2.24, 2.45) is 13.0 Å². The number of para-hydroxylation sites is 1. The number of likely N-dealkylation sites (tertiary alicyclic amines) is 1. The van der Waals surface area contributed by atoms with Gasteiger partial charge in [0.05, 0.1) is 17.8 Å². The second kappa shape index (κ2) is 5.13. The van der Waals surface area contributed by atoms with Crippen LogP contribution >= 0.6 is 0 Å². The molecule has 4 heteroatoms. The topological polar surface area (TPSA) is 34.5 Å². The predicted octanol–water partition coefficient (Wildman–Crippen LogP) is 2.82. The normalized spacial score (nSPS) is 28.1. The van der Waals surface area contributed by atoms with Gasteiger partial charge in [-0.25, -0.2) is 0 Å². The molecular weight excluding hydrogens is 276 g/mol. The van der Waals surface area contributed by atoms with E-state index in [1.54, 1.807) is 0 Å². The lowest BCUT2D eigenvalue weighted by Crippen LogP contribution is -2.44. The Morgan fingerprint density at radius 1 is 1.32 bits per heavy atom. The number of benzene rings is 1. The molecule has 0 unspecified atom stereocenters. The molecule has 116 valence electrons. The molecule has 0 radical (unpaired) electrons. The van der Waals surface area contributed by atoms with E-state index < -0.39 is 0 Å². The van der Waals surface area contributed by atoms with E-state index in [1.165, 1.54) is 0 Å². The Hall–Kier alpha value is -1.81. The van der Waals surface area contributed by atoms with Crippen LogP contribution in [0.1, 0.15) is 30.1 Å². The lowest BCUT2D eigenvalue weighted by Gasteiger charge is -2.34. The van der Waals surface area contributed by atoms with Crippen LogP contribution in [0.15, 0.2) is 30.5 Å². The molecule has 4 nitrogen and oxygen atoms in total. The fraction of sp³-hybridized carbons (Fsp3) is 0.500. The van der Waals surface area contributed by atoms with Crippen molar-refractivity contribution in [3.05, 3.63) is 36.0 Å². The standard InChI is InChI=1S/C18H22N2O2/c1-12-9-13-10-20(8-7-17(13)22-12)18(21)15-11-19(2)16-6-4-3-5-14(15)16/h3-6,11-13,17H,7-10H2,1-2H3/t12-,13-,17+/m0/s1. The van der Waals surface area contributed by atoms with Crippen LogP contribution in [0.3, 0.4) is 0 Å². The number of nitrogens with zero attached hydrogens (tertiary/aromatic N) is 2. The summed E-state index contributed by atoms with van der Waals surface area (Å²) in [5.74, 6) is 0.664. The summed E-state index contributed by atoms with van der Waals surface area (Å²) in [6.45, 7) is 3.77. The first-order valence-electron chi connectivity index (χ1n) is 8.12. The van der Waals surface area contributed by atoms with E-state index in [4.69, 9.17) is 4.74 Å². The second-order valence-electron chi connectivity index (χ2n) is 6.69.